The normalized spacial score (nSPS) is 18.9. The number of benzene rings is 1. The summed E-state index contributed by atoms with van der Waals surface area (Å²) < 4.78 is 1.43. The topological polar surface area (TPSA) is 55.2 Å². The molecule has 2 aromatic rings. The van der Waals surface area contributed by atoms with Gasteiger partial charge in [0, 0.05) is 12.6 Å². The summed E-state index contributed by atoms with van der Waals surface area (Å²) in [5, 5.41) is 0.573. The number of aromatic nitrogens is 2. The minimum absolute atomic E-state index is 0.00954. The van der Waals surface area contributed by atoms with E-state index in [9.17, 15) is 9.59 Å². The molecule has 1 aromatic carbocycles. The molecule has 5 heteroatoms. The number of hydrogen-bond donors (Lipinski definition) is 0. The third-order valence-electron chi connectivity index (χ3n) is 4.73. The van der Waals surface area contributed by atoms with Crippen LogP contribution in [0.15, 0.2) is 29.3 Å². The predicted molar refractivity (Wildman–Crippen MR) is 90.4 cm³/mol. The second kappa shape index (κ2) is 6.52. The van der Waals surface area contributed by atoms with E-state index in [1.54, 1.807) is 6.07 Å². The van der Waals surface area contributed by atoms with Crippen molar-refractivity contribution in [3.8, 4) is 0 Å². The van der Waals surface area contributed by atoms with E-state index < -0.39 is 0 Å². The Bertz CT molecular complexity index is 781. The lowest BCUT2D eigenvalue weighted by Gasteiger charge is -2.27. The Balaban J connectivity index is 1.88. The summed E-state index contributed by atoms with van der Waals surface area (Å²) in [6.45, 7) is 4.88. The van der Waals surface area contributed by atoms with Crippen LogP contribution in [0.3, 0.4) is 0 Å². The van der Waals surface area contributed by atoms with Gasteiger partial charge in [0.05, 0.1) is 17.2 Å². The number of carbonyl (C=O) groups is 1. The number of fused-ring (bicyclic) bond motifs is 1. The van der Waals surface area contributed by atoms with E-state index in [0.29, 0.717) is 10.9 Å². The summed E-state index contributed by atoms with van der Waals surface area (Å²) in [6, 6.07) is 5.80. The van der Waals surface area contributed by atoms with Crippen LogP contribution in [0.1, 0.15) is 38.2 Å². The highest BCUT2D eigenvalue weighted by Gasteiger charge is 2.22. The maximum Gasteiger partial charge on any atom is 0.261 e. The lowest BCUT2D eigenvalue weighted by atomic mass is 10.1. The first-order valence-electron chi connectivity index (χ1n) is 8.32. The maximum absolute atomic E-state index is 12.6. The van der Waals surface area contributed by atoms with Crippen LogP contribution in [-0.4, -0.2) is 32.9 Å². The number of nitrogens with zero attached hydrogens (tertiary/aromatic N) is 3. The summed E-state index contributed by atoms with van der Waals surface area (Å²) in [6.07, 6.45) is 5.92. The van der Waals surface area contributed by atoms with E-state index in [2.05, 4.69) is 11.9 Å². The van der Waals surface area contributed by atoms with Crippen molar-refractivity contribution >= 4 is 16.8 Å². The standard InChI is InChI=1S/C18H23N3O2/c1-13-7-6-9-15-17(13)19-12-20(18(15)23)11-16(22)21-10-5-3-4-8-14(21)2/h6-7,9,12,14H,3-5,8,10-11H2,1-2H3/t14-/m1/s1. The van der Waals surface area contributed by atoms with Crippen LogP contribution < -0.4 is 5.56 Å². The van der Waals surface area contributed by atoms with Crippen LogP contribution in [0.4, 0.5) is 0 Å². The van der Waals surface area contributed by atoms with E-state index >= 15 is 0 Å². The van der Waals surface area contributed by atoms with E-state index in [1.165, 1.54) is 23.7 Å². The fraction of sp³-hybridized carbons (Fsp3) is 0.500. The van der Waals surface area contributed by atoms with Gasteiger partial charge < -0.3 is 4.90 Å². The van der Waals surface area contributed by atoms with Crippen molar-refractivity contribution in [1.29, 1.82) is 0 Å². The molecule has 23 heavy (non-hydrogen) atoms. The van der Waals surface area contributed by atoms with Crippen molar-refractivity contribution in [2.75, 3.05) is 6.54 Å². The third-order valence-corrected chi connectivity index (χ3v) is 4.73. The van der Waals surface area contributed by atoms with Crippen LogP contribution in [0, 0.1) is 6.92 Å². The zero-order valence-corrected chi connectivity index (χ0v) is 13.8. The molecule has 1 aliphatic rings. The first-order chi connectivity index (χ1) is 11.1. The summed E-state index contributed by atoms with van der Waals surface area (Å²) in [5.41, 5.74) is 1.54. The second-order valence-electron chi connectivity index (χ2n) is 6.43. The molecule has 1 saturated heterocycles. The number of amides is 1. The molecule has 1 atom stereocenters. The van der Waals surface area contributed by atoms with Gasteiger partial charge in [-0.2, -0.15) is 0 Å². The zero-order chi connectivity index (χ0) is 16.4. The van der Waals surface area contributed by atoms with Gasteiger partial charge in [0.1, 0.15) is 6.54 Å². The largest absolute Gasteiger partial charge is 0.338 e. The molecule has 3 rings (SSSR count). The van der Waals surface area contributed by atoms with Crippen molar-refractivity contribution in [2.24, 2.45) is 0 Å². The van der Waals surface area contributed by atoms with Gasteiger partial charge in [-0.15, -0.1) is 0 Å². The predicted octanol–water partition coefficient (Wildman–Crippen LogP) is 2.50. The second-order valence-corrected chi connectivity index (χ2v) is 6.43. The molecule has 1 aliphatic heterocycles. The highest BCUT2D eigenvalue weighted by atomic mass is 16.2. The molecular weight excluding hydrogens is 290 g/mol. The maximum atomic E-state index is 12.6. The van der Waals surface area contributed by atoms with Gasteiger partial charge in [-0.05, 0) is 38.3 Å². The Morgan fingerprint density at radius 1 is 1.30 bits per heavy atom. The molecule has 1 aromatic heterocycles. The number of hydrogen-bond acceptors (Lipinski definition) is 3. The minimum Gasteiger partial charge on any atom is -0.338 e. The van der Waals surface area contributed by atoms with Gasteiger partial charge in [-0.25, -0.2) is 4.98 Å². The van der Waals surface area contributed by atoms with Crippen molar-refractivity contribution < 1.29 is 4.79 Å². The summed E-state index contributed by atoms with van der Waals surface area (Å²) in [7, 11) is 0. The lowest BCUT2D eigenvalue weighted by Crippen LogP contribution is -2.41. The fourth-order valence-corrected chi connectivity index (χ4v) is 3.33. The molecule has 1 amide bonds. The van der Waals surface area contributed by atoms with Crippen LogP contribution in [0.5, 0.6) is 0 Å². The van der Waals surface area contributed by atoms with Crippen molar-refractivity contribution in [1.82, 2.24) is 14.5 Å². The average Bonchev–Trinajstić information content (AvgIpc) is 2.75. The van der Waals surface area contributed by atoms with E-state index in [-0.39, 0.29) is 24.1 Å². The first kappa shape index (κ1) is 15.7. The van der Waals surface area contributed by atoms with Gasteiger partial charge in [0.15, 0.2) is 0 Å². The van der Waals surface area contributed by atoms with Gasteiger partial charge in [-0.1, -0.05) is 25.0 Å². The van der Waals surface area contributed by atoms with Gasteiger partial charge in [-0.3, -0.25) is 14.2 Å². The monoisotopic (exact) mass is 313 g/mol. The van der Waals surface area contributed by atoms with Gasteiger partial charge in [0.2, 0.25) is 5.91 Å². The molecule has 0 radical (unpaired) electrons. The summed E-state index contributed by atoms with van der Waals surface area (Å²) >= 11 is 0. The van der Waals surface area contributed by atoms with Crippen LogP contribution in [0.25, 0.3) is 10.9 Å². The fourth-order valence-electron chi connectivity index (χ4n) is 3.33. The lowest BCUT2D eigenvalue weighted by molar-refractivity contribution is -0.133. The number of aryl methyl sites for hydroxylation is 1. The molecule has 0 spiro atoms. The molecule has 0 aliphatic carbocycles. The third kappa shape index (κ3) is 3.14. The molecule has 0 bridgehead atoms. The minimum atomic E-state index is -0.144. The van der Waals surface area contributed by atoms with Crippen LogP contribution in [0.2, 0.25) is 0 Å². The van der Waals surface area contributed by atoms with E-state index in [4.69, 9.17) is 0 Å². The Hall–Kier alpha value is -2.17. The summed E-state index contributed by atoms with van der Waals surface area (Å²) in [5.74, 6) is 0.00954. The number of likely N-dealkylation sites (tertiary alicyclic amines) is 1. The zero-order valence-electron chi connectivity index (χ0n) is 13.8. The molecule has 0 unspecified atom stereocenters. The number of para-hydroxylation sites is 1. The summed E-state index contributed by atoms with van der Waals surface area (Å²) in [4.78, 5) is 31.5. The molecule has 1 fully saturated rings. The molecule has 5 nitrogen and oxygen atoms in total. The van der Waals surface area contributed by atoms with Crippen molar-refractivity contribution in [3.63, 3.8) is 0 Å². The highest BCUT2D eigenvalue weighted by Crippen LogP contribution is 2.17. The quantitative estimate of drug-likeness (QED) is 0.856. The van der Waals surface area contributed by atoms with Gasteiger partial charge >= 0.3 is 0 Å². The van der Waals surface area contributed by atoms with Crippen LogP contribution in [-0.2, 0) is 11.3 Å². The van der Waals surface area contributed by atoms with Crippen molar-refractivity contribution in [2.45, 2.75) is 52.1 Å². The number of carbonyl (C=O) groups excluding carboxylic acids is 1. The molecule has 0 N–H and O–H groups in total. The Labute approximate surface area is 135 Å². The average molecular weight is 313 g/mol. The molecule has 122 valence electrons. The van der Waals surface area contributed by atoms with E-state index in [1.807, 2.05) is 24.0 Å². The highest BCUT2D eigenvalue weighted by molar-refractivity contribution is 5.81. The molecule has 2 heterocycles. The SMILES string of the molecule is Cc1cccc2c(=O)n(CC(=O)N3CCCCC[C@H]3C)cnc12. The van der Waals surface area contributed by atoms with Gasteiger partial charge in [0.25, 0.3) is 5.56 Å². The molecular formula is C18H23N3O2. The smallest absolute Gasteiger partial charge is 0.261 e. The van der Waals surface area contributed by atoms with Crippen LogP contribution >= 0.6 is 0 Å². The van der Waals surface area contributed by atoms with Crippen molar-refractivity contribution in [3.05, 3.63) is 40.4 Å². The Kier molecular flexibility index (Phi) is 4.46. The Morgan fingerprint density at radius 3 is 2.96 bits per heavy atom. The Morgan fingerprint density at radius 2 is 2.13 bits per heavy atom. The molecule has 0 saturated carbocycles. The number of rotatable bonds is 2. The first-order valence-corrected chi connectivity index (χ1v) is 8.32. The van der Waals surface area contributed by atoms with E-state index in [0.717, 1.165) is 24.9 Å².